The van der Waals surface area contributed by atoms with Crippen molar-refractivity contribution in [1.82, 2.24) is 9.80 Å². The molecule has 7 nitrogen and oxygen atoms in total. The normalized spacial score (nSPS) is 15.6. The van der Waals surface area contributed by atoms with Gasteiger partial charge in [0.15, 0.2) is 11.5 Å². The first-order valence-corrected chi connectivity index (χ1v) is 8.78. The Bertz CT molecular complexity index is 857. The number of hydrogen-bond donors (Lipinski definition) is 0. The lowest BCUT2D eigenvalue weighted by Crippen LogP contribution is -2.50. The minimum absolute atomic E-state index is 0.0344. The maximum atomic E-state index is 12.7. The molecule has 1 saturated heterocycles. The Kier molecular flexibility index (Phi) is 4.58. The number of hydrogen-bond acceptors (Lipinski definition) is 5. The number of carbonyl (C=O) groups is 2. The number of piperazine rings is 1. The highest BCUT2D eigenvalue weighted by Gasteiger charge is 2.26. The zero-order chi connectivity index (χ0) is 18.8. The van der Waals surface area contributed by atoms with Crippen molar-refractivity contribution in [2.24, 2.45) is 0 Å². The van der Waals surface area contributed by atoms with Crippen LogP contribution in [0.2, 0.25) is 0 Å². The first kappa shape index (κ1) is 17.2. The predicted octanol–water partition coefficient (Wildman–Crippen LogP) is 2.02. The van der Waals surface area contributed by atoms with Gasteiger partial charge in [-0.1, -0.05) is 0 Å². The number of benzene rings is 2. The first-order chi connectivity index (χ1) is 13.2. The lowest BCUT2D eigenvalue weighted by molar-refractivity contribution is 0.0535. The van der Waals surface area contributed by atoms with E-state index in [1.807, 2.05) is 0 Å². The van der Waals surface area contributed by atoms with E-state index in [4.69, 9.17) is 14.2 Å². The van der Waals surface area contributed by atoms with E-state index in [2.05, 4.69) is 0 Å². The average molecular weight is 368 g/mol. The van der Waals surface area contributed by atoms with Crippen LogP contribution in [0.1, 0.15) is 20.7 Å². The van der Waals surface area contributed by atoms with E-state index in [1.54, 1.807) is 59.4 Å². The maximum Gasteiger partial charge on any atom is 0.254 e. The van der Waals surface area contributed by atoms with Crippen LogP contribution in [0, 0.1) is 0 Å². The Morgan fingerprint density at radius 1 is 0.815 bits per heavy atom. The van der Waals surface area contributed by atoms with Crippen molar-refractivity contribution >= 4 is 11.8 Å². The second-order valence-corrected chi connectivity index (χ2v) is 6.38. The van der Waals surface area contributed by atoms with Crippen molar-refractivity contribution in [3.63, 3.8) is 0 Å². The van der Waals surface area contributed by atoms with Gasteiger partial charge < -0.3 is 24.0 Å². The quantitative estimate of drug-likeness (QED) is 0.829. The minimum atomic E-state index is -0.0650. The van der Waals surface area contributed by atoms with Crippen LogP contribution in [0.4, 0.5) is 0 Å². The SMILES string of the molecule is COc1ccc(C(=O)N2CCN(C(=O)c3ccc4c(c3)OCO4)CC2)cc1. The molecular formula is C20H20N2O5. The molecule has 2 heterocycles. The van der Waals surface area contributed by atoms with Crippen molar-refractivity contribution in [3.05, 3.63) is 53.6 Å². The summed E-state index contributed by atoms with van der Waals surface area (Å²) in [6.45, 7) is 2.17. The molecule has 2 aromatic rings. The third-order valence-corrected chi connectivity index (χ3v) is 4.81. The lowest BCUT2D eigenvalue weighted by atomic mass is 10.1. The van der Waals surface area contributed by atoms with Crippen molar-refractivity contribution in [2.45, 2.75) is 0 Å². The van der Waals surface area contributed by atoms with E-state index < -0.39 is 0 Å². The summed E-state index contributed by atoms with van der Waals surface area (Å²) in [5, 5.41) is 0. The monoisotopic (exact) mass is 368 g/mol. The number of fused-ring (bicyclic) bond motifs is 1. The number of carbonyl (C=O) groups excluding carboxylic acids is 2. The van der Waals surface area contributed by atoms with Gasteiger partial charge in [0, 0.05) is 37.3 Å². The third kappa shape index (κ3) is 3.40. The fourth-order valence-corrected chi connectivity index (χ4v) is 3.24. The number of ether oxygens (including phenoxy) is 3. The summed E-state index contributed by atoms with van der Waals surface area (Å²) in [5.74, 6) is 1.86. The maximum absolute atomic E-state index is 12.7. The number of rotatable bonds is 3. The fourth-order valence-electron chi connectivity index (χ4n) is 3.24. The van der Waals surface area contributed by atoms with Gasteiger partial charge in [0.05, 0.1) is 7.11 Å². The van der Waals surface area contributed by atoms with Crippen LogP contribution in [0.15, 0.2) is 42.5 Å². The molecule has 0 bridgehead atoms. The molecule has 0 unspecified atom stereocenters. The molecule has 0 aliphatic carbocycles. The van der Waals surface area contributed by atoms with Gasteiger partial charge in [0.2, 0.25) is 6.79 Å². The van der Waals surface area contributed by atoms with Crippen molar-refractivity contribution in [1.29, 1.82) is 0 Å². The van der Waals surface area contributed by atoms with Gasteiger partial charge in [0.1, 0.15) is 5.75 Å². The summed E-state index contributed by atoms with van der Waals surface area (Å²) in [7, 11) is 1.59. The van der Waals surface area contributed by atoms with E-state index in [9.17, 15) is 9.59 Å². The summed E-state index contributed by atoms with van der Waals surface area (Å²) in [4.78, 5) is 28.9. The third-order valence-electron chi connectivity index (χ3n) is 4.81. The second-order valence-electron chi connectivity index (χ2n) is 6.38. The van der Waals surface area contributed by atoms with E-state index in [0.717, 1.165) is 0 Å². The molecule has 0 atom stereocenters. The van der Waals surface area contributed by atoms with Gasteiger partial charge in [-0.25, -0.2) is 0 Å². The van der Waals surface area contributed by atoms with E-state index in [1.165, 1.54) is 0 Å². The highest BCUT2D eigenvalue weighted by atomic mass is 16.7. The van der Waals surface area contributed by atoms with Crippen LogP contribution in [-0.2, 0) is 0 Å². The van der Waals surface area contributed by atoms with Gasteiger partial charge in [-0.05, 0) is 42.5 Å². The molecular weight excluding hydrogens is 348 g/mol. The van der Waals surface area contributed by atoms with Crippen molar-refractivity contribution in [2.75, 3.05) is 40.1 Å². The molecule has 27 heavy (non-hydrogen) atoms. The minimum Gasteiger partial charge on any atom is -0.497 e. The van der Waals surface area contributed by atoms with Gasteiger partial charge in [0.25, 0.3) is 11.8 Å². The van der Waals surface area contributed by atoms with Crippen molar-refractivity contribution < 1.29 is 23.8 Å². The van der Waals surface area contributed by atoms with Crippen LogP contribution in [-0.4, -0.2) is 61.7 Å². The van der Waals surface area contributed by atoms with E-state index in [-0.39, 0.29) is 18.6 Å². The van der Waals surface area contributed by atoms with Crippen LogP contribution in [0.25, 0.3) is 0 Å². The zero-order valence-electron chi connectivity index (χ0n) is 15.0. The standard InChI is InChI=1S/C20H20N2O5/c1-25-16-5-2-14(3-6-16)19(23)21-8-10-22(11-9-21)20(24)15-4-7-17-18(12-15)27-13-26-17/h2-7,12H,8-11,13H2,1H3. The summed E-state index contributed by atoms with van der Waals surface area (Å²) < 4.78 is 15.7. The number of methoxy groups -OCH3 is 1. The molecule has 2 aromatic carbocycles. The Hall–Kier alpha value is -3.22. The lowest BCUT2D eigenvalue weighted by Gasteiger charge is -2.35. The molecule has 0 saturated carbocycles. The largest absolute Gasteiger partial charge is 0.497 e. The molecule has 0 N–H and O–H groups in total. The van der Waals surface area contributed by atoms with Gasteiger partial charge in [-0.3, -0.25) is 9.59 Å². The molecule has 0 aromatic heterocycles. The van der Waals surface area contributed by atoms with E-state index in [0.29, 0.717) is 54.6 Å². The van der Waals surface area contributed by atoms with Gasteiger partial charge in [-0.2, -0.15) is 0 Å². The highest BCUT2D eigenvalue weighted by molar-refractivity contribution is 5.96. The number of nitrogens with zero attached hydrogens (tertiary/aromatic N) is 2. The smallest absolute Gasteiger partial charge is 0.254 e. The summed E-state index contributed by atoms with van der Waals surface area (Å²) in [6, 6.07) is 12.2. The molecule has 0 radical (unpaired) electrons. The molecule has 1 fully saturated rings. The summed E-state index contributed by atoms with van der Waals surface area (Å²) in [5.41, 5.74) is 1.18. The highest BCUT2D eigenvalue weighted by Crippen LogP contribution is 2.32. The number of amides is 2. The Morgan fingerprint density at radius 3 is 2.00 bits per heavy atom. The molecule has 7 heteroatoms. The van der Waals surface area contributed by atoms with Gasteiger partial charge in [-0.15, -0.1) is 0 Å². The molecule has 140 valence electrons. The predicted molar refractivity (Wildman–Crippen MR) is 97.4 cm³/mol. The molecule has 0 spiro atoms. The first-order valence-electron chi connectivity index (χ1n) is 8.78. The Labute approximate surface area is 157 Å². The fraction of sp³-hybridized carbons (Fsp3) is 0.300. The zero-order valence-corrected chi connectivity index (χ0v) is 15.0. The molecule has 2 aliphatic heterocycles. The van der Waals surface area contributed by atoms with Crippen LogP contribution < -0.4 is 14.2 Å². The van der Waals surface area contributed by atoms with Crippen LogP contribution in [0.3, 0.4) is 0 Å². The molecule has 4 rings (SSSR count). The molecule has 2 aliphatic rings. The Morgan fingerprint density at radius 2 is 1.37 bits per heavy atom. The second kappa shape index (κ2) is 7.19. The van der Waals surface area contributed by atoms with Crippen molar-refractivity contribution in [3.8, 4) is 17.2 Å². The van der Waals surface area contributed by atoms with E-state index >= 15 is 0 Å². The topological polar surface area (TPSA) is 68.3 Å². The van der Waals surface area contributed by atoms with Crippen LogP contribution >= 0.6 is 0 Å². The molecule has 2 amide bonds. The summed E-state index contributed by atoms with van der Waals surface area (Å²) in [6.07, 6.45) is 0. The van der Waals surface area contributed by atoms with Crippen LogP contribution in [0.5, 0.6) is 17.2 Å². The van der Waals surface area contributed by atoms with Gasteiger partial charge >= 0.3 is 0 Å². The summed E-state index contributed by atoms with van der Waals surface area (Å²) >= 11 is 0. The Balaban J connectivity index is 1.38. The average Bonchev–Trinajstić information content (AvgIpc) is 3.21.